The van der Waals surface area contributed by atoms with Gasteiger partial charge in [0.1, 0.15) is 0 Å². The van der Waals surface area contributed by atoms with Gasteiger partial charge in [0.25, 0.3) is 0 Å². The molecular formula is C16H23ClFN3O2. The predicted octanol–water partition coefficient (Wildman–Crippen LogP) is 2.81. The molecule has 2 aromatic rings. The van der Waals surface area contributed by atoms with Gasteiger partial charge in [0.2, 0.25) is 5.95 Å². The first-order valence-corrected chi connectivity index (χ1v) is 7.31. The number of hydrogen-bond donors (Lipinski definition) is 1. The average Bonchev–Trinajstić information content (AvgIpc) is 2.91. The van der Waals surface area contributed by atoms with E-state index in [-0.39, 0.29) is 18.4 Å². The Morgan fingerprint density at radius 1 is 1.22 bits per heavy atom. The molecule has 1 N–H and O–H groups in total. The number of benzene rings is 1. The Morgan fingerprint density at radius 2 is 1.96 bits per heavy atom. The second kappa shape index (κ2) is 9.37. The Kier molecular flexibility index (Phi) is 7.85. The van der Waals surface area contributed by atoms with Gasteiger partial charge in [-0.25, -0.2) is 4.68 Å². The molecule has 0 bridgehead atoms. The lowest BCUT2D eigenvalue weighted by Crippen LogP contribution is -2.17. The first kappa shape index (κ1) is 19.3. The molecule has 0 atom stereocenters. The lowest BCUT2D eigenvalue weighted by atomic mass is 10.1. The van der Waals surface area contributed by atoms with Gasteiger partial charge in [-0.3, -0.25) is 0 Å². The summed E-state index contributed by atoms with van der Waals surface area (Å²) in [5.74, 6) is 1.17. The Morgan fingerprint density at radius 3 is 2.57 bits per heavy atom. The van der Waals surface area contributed by atoms with E-state index in [0.29, 0.717) is 24.4 Å². The van der Waals surface area contributed by atoms with Crippen LogP contribution in [0.3, 0.4) is 0 Å². The van der Waals surface area contributed by atoms with Gasteiger partial charge in [-0.15, -0.1) is 12.4 Å². The van der Waals surface area contributed by atoms with Crippen LogP contribution >= 0.6 is 12.4 Å². The van der Waals surface area contributed by atoms with E-state index in [4.69, 9.17) is 9.47 Å². The normalized spacial score (nSPS) is 10.3. The maximum Gasteiger partial charge on any atom is 0.215 e. The summed E-state index contributed by atoms with van der Waals surface area (Å²) in [6, 6.07) is 5.84. The van der Waals surface area contributed by atoms with Crippen molar-refractivity contribution in [1.82, 2.24) is 15.1 Å². The van der Waals surface area contributed by atoms with Crippen LogP contribution in [0.1, 0.15) is 18.1 Å². The summed E-state index contributed by atoms with van der Waals surface area (Å²) in [5, 5.41) is 7.21. The Balaban J connectivity index is 0.00000264. The van der Waals surface area contributed by atoms with Gasteiger partial charge in [-0.2, -0.15) is 9.49 Å². The third kappa shape index (κ3) is 4.84. The van der Waals surface area contributed by atoms with Gasteiger partial charge in [0.05, 0.1) is 20.4 Å². The van der Waals surface area contributed by atoms with Crippen LogP contribution in [-0.2, 0) is 19.5 Å². The van der Waals surface area contributed by atoms with E-state index in [1.165, 1.54) is 4.68 Å². The van der Waals surface area contributed by atoms with Crippen molar-refractivity contribution in [2.45, 2.75) is 26.4 Å². The molecule has 5 nitrogen and oxygen atoms in total. The van der Waals surface area contributed by atoms with Crippen molar-refractivity contribution in [2.24, 2.45) is 0 Å². The van der Waals surface area contributed by atoms with Crippen molar-refractivity contribution in [1.29, 1.82) is 0 Å². The van der Waals surface area contributed by atoms with Crippen LogP contribution in [0.5, 0.6) is 11.5 Å². The van der Waals surface area contributed by atoms with Crippen LogP contribution in [0.25, 0.3) is 0 Å². The van der Waals surface area contributed by atoms with Crippen LogP contribution in [-0.4, -0.2) is 30.5 Å². The molecule has 0 unspecified atom stereocenters. The minimum atomic E-state index is -0.263. The zero-order valence-corrected chi connectivity index (χ0v) is 14.5. The van der Waals surface area contributed by atoms with Gasteiger partial charge in [0, 0.05) is 18.7 Å². The van der Waals surface area contributed by atoms with E-state index < -0.39 is 0 Å². The summed E-state index contributed by atoms with van der Waals surface area (Å²) in [6.07, 6.45) is 2.39. The second-order valence-electron chi connectivity index (χ2n) is 4.89. The van der Waals surface area contributed by atoms with Crippen LogP contribution in [0.15, 0.2) is 24.4 Å². The number of nitrogens with one attached hydrogen (secondary N) is 1. The number of halogens is 2. The van der Waals surface area contributed by atoms with Gasteiger partial charge in [-0.05, 0) is 37.6 Å². The molecule has 7 heteroatoms. The van der Waals surface area contributed by atoms with E-state index in [1.54, 1.807) is 20.4 Å². The first-order chi connectivity index (χ1) is 10.7. The fraction of sp³-hybridized carbons (Fsp3) is 0.438. The van der Waals surface area contributed by atoms with Crippen molar-refractivity contribution in [3.8, 4) is 11.5 Å². The van der Waals surface area contributed by atoms with Crippen molar-refractivity contribution in [2.75, 3.05) is 20.8 Å². The highest BCUT2D eigenvalue weighted by molar-refractivity contribution is 5.85. The van der Waals surface area contributed by atoms with Crippen LogP contribution in [0.4, 0.5) is 4.39 Å². The zero-order chi connectivity index (χ0) is 15.9. The Bertz CT molecular complexity index is 619. The molecule has 23 heavy (non-hydrogen) atoms. The Labute approximate surface area is 142 Å². The lowest BCUT2D eigenvalue weighted by Gasteiger charge is -2.10. The summed E-state index contributed by atoms with van der Waals surface area (Å²) in [4.78, 5) is 0. The van der Waals surface area contributed by atoms with Gasteiger partial charge in [-0.1, -0.05) is 6.07 Å². The number of rotatable bonds is 8. The predicted molar refractivity (Wildman–Crippen MR) is 90.1 cm³/mol. The zero-order valence-electron chi connectivity index (χ0n) is 13.6. The largest absolute Gasteiger partial charge is 0.493 e. The molecule has 1 aromatic heterocycles. The van der Waals surface area contributed by atoms with E-state index >= 15 is 0 Å². The number of nitrogens with zero attached hydrogens (tertiary/aromatic N) is 2. The van der Waals surface area contributed by atoms with Crippen molar-refractivity contribution in [3.63, 3.8) is 0 Å². The number of hydrogen-bond acceptors (Lipinski definition) is 4. The highest BCUT2D eigenvalue weighted by Gasteiger charge is 2.08. The molecule has 1 aromatic carbocycles. The van der Waals surface area contributed by atoms with Gasteiger partial charge < -0.3 is 14.8 Å². The Hall–Kier alpha value is -1.79. The van der Waals surface area contributed by atoms with E-state index in [9.17, 15) is 4.39 Å². The highest BCUT2D eigenvalue weighted by atomic mass is 35.5. The minimum absolute atomic E-state index is 0. The summed E-state index contributed by atoms with van der Waals surface area (Å²) in [6.45, 7) is 3.62. The fourth-order valence-electron chi connectivity index (χ4n) is 2.24. The van der Waals surface area contributed by atoms with E-state index in [2.05, 4.69) is 10.4 Å². The van der Waals surface area contributed by atoms with Gasteiger partial charge >= 0.3 is 0 Å². The summed E-state index contributed by atoms with van der Waals surface area (Å²) in [7, 11) is 3.23. The highest BCUT2D eigenvalue weighted by Crippen LogP contribution is 2.27. The topological polar surface area (TPSA) is 48.3 Å². The minimum Gasteiger partial charge on any atom is -0.493 e. The molecule has 0 amide bonds. The molecule has 128 valence electrons. The average molecular weight is 344 g/mol. The summed E-state index contributed by atoms with van der Waals surface area (Å²) >= 11 is 0. The fourth-order valence-corrected chi connectivity index (χ4v) is 2.24. The second-order valence-corrected chi connectivity index (χ2v) is 4.89. The number of aromatic nitrogens is 2. The number of methoxy groups -OCH3 is 2. The van der Waals surface area contributed by atoms with Crippen molar-refractivity contribution < 1.29 is 13.9 Å². The molecule has 1 heterocycles. The molecule has 0 radical (unpaired) electrons. The number of ether oxygens (including phenoxy) is 2. The maximum absolute atomic E-state index is 13.8. The van der Waals surface area contributed by atoms with Gasteiger partial charge in [0.15, 0.2) is 11.5 Å². The molecule has 0 aliphatic carbocycles. The first-order valence-electron chi connectivity index (χ1n) is 7.31. The van der Waals surface area contributed by atoms with E-state index in [1.807, 2.05) is 25.1 Å². The van der Waals surface area contributed by atoms with E-state index in [0.717, 1.165) is 24.3 Å². The van der Waals surface area contributed by atoms with Crippen LogP contribution in [0, 0.1) is 5.95 Å². The monoisotopic (exact) mass is 343 g/mol. The third-order valence-corrected chi connectivity index (χ3v) is 3.50. The molecular weight excluding hydrogens is 321 g/mol. The molecule has 0 saturated carbocycles. The summed E-state index contributed by atoms with van der Waals surface area (Å²) < 4.78 is 25.6. The van der Waals surface area contributed by atoms with Crippen molar-refractivity contribution >= 4 is 12.4 Å². The summed E-state index contributed by atoms with van der Waals surface area (Å²) in [5.41, 5.74) is 1.73. The molecule has 0 saturated heterocycles. The molecule has 0 spiro atoms. The van der Waals surface area contributed by atoms with Crippen LogP contribution in [0.2, 0.25) is 0 Å². The standard InChI is InChI=1S/C16H22FN3O2.ClH/c1-4-20-16(17)13(11-19-20)10-18-8-7-12-5-6-14(21-2)15(9-12)22-3;/h5-6,9,11,18H,4,7-8,10H2,1-3H3;1H. The third-order valence-electron chi connectivity index (χ3n) is 3.50. The SMILES string of the molecule is CCn1ncc(CNCCc2ccc(OC)c(OC)c2)c1F.Cl. The smallest absolute Gasteiger partial charge is 0.215 e. The molecule has 2 rings (SSSR count). The number of aryl methyl sites for hydroxylation is 1. The van der Waals surface area contributed by atoms with Crippen molar-refractivity contribution in [3.05, 3.63) is 41.5 Å². The van der Waals surface area contributed by atoms with Crippen LogP contribution < -0.4 is 14.8 Å². The maximum atomic E-state index is 13.8. The lowest BCUT2D eigenvalue weighted by molar-refractivity contribution is 0.354. The molecule has 0 aliphatic heterocycles. The molecule has 0 aliphatic rings. The molecule has 0 fully saturated rings. The quantitative estimate of drug-likeness (QED) is 0.749.